The van der Waals surface area contributed by atoms with E-state index >= 15 is 0 Å². The van der Waals surface area contributed by atoms with Crippen molar-refractivity contribution >= 4 is 40.2 Å². The molecular weight excluding hydrogens is 336 g/mol. The summed E-state index contributed by atoms with van der Waals surface area (Å²) in [4.78, 5) is 23.7. The molecule has 7 heteroatoms. The summed E-state index contributed by atoms with van der Waals surface area (Å²) in [6.45, 7) is 0.263. The van der Waals surface area contributed by atoms with E-state index in [0.717, 1.165) is 10.0 Å². The molecule has 3 N–H and O–H groups in total. The van der Waals surface area contributed by atoms with Crippen molar-refractivity contribution < 1.29 is 14.7 Å². The van der Waals surface area contributed by atoms with E-state index in [1.807, 2.05) is 12.1 Å². The van der Waals surface area contributed by atoms with Crippen LogP contribution < -0.4 is 5.73 Å². The number of carboxylic acid groups (broad SMARTS) is 1. The second kappa shape index (κ2) is 8.14. The Morgan fingerprint density at radius 1 is 1.37 bits per heavy atom. The Bertz CT molecular complexity index is 439. The van der Waals surface area contributed by atoms with Crippen LogP contribution in [0.25, 0.3) is 0 Å². The van der Waals surface area contributed by atoms with Crippen LogP contribution in [0.15, 0.2) is 28.7 Å². The van der Waals surface area contributed by atoms with Gasteiger partial charge >= 0.3 is 5.97 Å². The van der Waals surface area contributed by atoms with Crippen LogP contribution >= 0.6 is 28.3 Å². The van der Waals surface area contributed by atoms with Crippen molar-refractivity contribution in [3.05, 3.63) is 34.3 Å². The number of halogens is 2. The summed E-state index contributed by atoms with van der Waals surface area (Å²) in [5.74, 6) is -1.40. The summed E-state index contributed by atoms with van der Waals surface area (Å²) in [7, 11) is 1.68. The number of carboxylic acids is 1. The van der Waals surface area contributed by atoms with Crippen molar-refractivity contribution in [2.45, 2.75) is 12.5 Å². The number of hydrogen-bond acceptors (Lipinski definition) is 3. The molecule has 5 nitrogen and oxygen atoms in total. The summed E-state index contributed by atoms with van der Waals surface area (Å²) >= 11 is 3.31. The van der Waals surface area contributed by atoms with E-state index in [1.54, 1.807) is 24.1 Å². The Morgan fingerprint density at radius 3 is 2.32 bits per heavy atom. The van der Waals surface area contributed by atoms with E-state index in [9.17, 15) is 9.59 Å². The summed E-state index contributed by atoms with van der Waals surface area (Å²) in [6.07, 6.45) is -0.0309. The Kier molecular flexibility index (Phi) is 7.66. The molecule has 0 bridgehead atoms. The number of nitrogens with two attached hydrogens (primary N) is 1. The number of benzene rings is 1. The van der Waals surface area contributed by atoms with Gasteiger partial charge in [-0.15, -0.1) is 12.4 Å². The van der Waals surface area contributed by atoms with Crippen LogP contribution in [-0.4, -0.2) is 35.5 Å². The van der Waals surface area contributed by atoms with Crippen molar-refractivity contribution in [3.63, 3.8) is 0 Å². The van der Waals surface area contributed by atoms with Gasteiger partial charge in [0.05, 0.1) is 6.42 Å². The van der Waals surface area contributed by atoms with E-state index < -0.39 is 17.9 Å². The highest BCUT2D eigenvalue weighted by molar-refractivity contribution is 9.10. The molecule has 19 heavy (non-hydrogen) atoms. The van der Waals surface area contributed by atoms with Crippen LogP contribution in [-0.2, 0) is 9.59 Å². The smallest absolute Gasteiger partial charge is 0.304 e. The lowest BCUT2D eigenvalue weighted by Gasteiger charge is -2.25. The van der Waals surface area contributed by atoms with E-state index in [2.05, 4.69) is 15.9 Å². The Morgan fingerprint density at radius 2 is 1.89 bits per heavy atom. The number of rotatable bonds is 6. The number of likely N-dealkylation sites (N-methyl/N-ethyl adjacent to an activating group) is 1. The third kappa shape index (κ3) is 5.59. The SMILES string of the molecule is CN(CCC(=O)O)C(C(N)=O)c1ccc(Br)cc1.Cl. The number of carbonyl (C=O) groups is 2. The van der Waals surface area contributed by atoms with Crippen LogP contribution in [0.5, 0.6) is 0 Å². The average molecular weight is 352 g/mol. The second-order valence-electron chi connectivity index (χ2n) is 3.98. The average Bonchev–Trinajstić information content (AvgIpc) is 2.29. The van der Waals surface area contributed by atoms with Gasteiger partial charge in [-0.1, -0.05) is 28.1 Å². The fraction of sp³-hybridized carbons (Fsp3) is 0.333. The van der Waals surface area contributed by atoms with E-state index in [1.165, 1.54) is 0 Å². The largest absolute Gasteiger partial charge is 0.481 e. The molecule has 0 saturated carbocycles. The first-order valence-electron chi connectivity index (χ1n) is 5.38. The molecule has 0 aliphatic heterocycles. The highest BCUT2D eigenvalue weighted by Gasteiger charge is 2.22. The molecule has 0 heterocycles. The van der Waals surface area contributed by atoms with Gasteiger partial charge in [0.15, 0.2) is 0 Å². The minimum Gasteiger partial charge on any atom is -0.481 e. The Hall–Kier alpha value is -1.11. The van der Waals surface area contributed by atoms with Crippen molar-refractivity contribution in [1.82, 2.24) is 4.90 Å². The van der Waals surface area contributed by atoms with Crippen molar-refractivity contribution in [3.8, 4) is 0 Å². The van der Waals surface area contributed by atoms with Gasteiger partial charge < -0.3 is 10.8 Å². The van der Waals surface area contributed by atoms with Gasteiger partial charge in [-0.2, -0.15) is 0 Å². The lowest BCUT2D eigenvalue weighted by molar-refractivity contribution is -0.138. The first-order valence-corrected chi connectivity index (χ1v) is 6.18. The Labute approximate surface area is 126 Å². The zero-order valence-corrected chi connectivity index (χ0v) is 12.8. The van der Waals surface area contributed by atoms with Gasteiger partial charge in [-0.3, -0.25) is 14.5 Å². The van der Waals surface area contributed by atoms with Gasteiger partial charge in [0, 0.05) is 11.0 Å². The number of hydrogen-bond donors (Lipinski definition) is 2. The van der Waals surface area contributed by atoms with Gasteiger partial charge in [-0.25, -0.2) is 0 Å². The van der Waals surface area contributed by atoms with Crippen LogP contribution in [0.1, 0.15) is 18.0 Å². The molecule has 1 unspecified atom stereocenters. The summed E-state index contributed by atoms with van der Waals surface area (Å²) < 4.78 is 0.905. The van der Waals surface area contributed by atoms with Crippen molar-refractivity contribution in [2.75, 3.05) is 13.6 Å². The molecule has 1 rings (SSSR count). The maximum atomic E-state index is 11.5. The fourth-order valence-electron chi connectivity index (χ4n) is 1.68. The third-order valence-electron chi connectivity index (χ3n) is 2.57. The standard InChI is InChI=1S/C12H15BrN2O3.ClH/c1-15(7-6-10(16)17)11(12(14)18)8-2-4-9(13)5-3-8;/h2-5,11H,6-7H2,1H3,(H2,14,18)(H,16,17);1H. The first-order chi connectivity index (χ1) is 8.41. The molecule has 0 aliphatic rings. The maximum absolute atomic E-state index is 11.5. The molecule has 0 aromatic heterocycles. The monoisotopic (exact) mass is 350 g/mol. The van der Waals surface area contributed by atoms with Gasteiger partial charge in [0.2, 0.25) is 5.91 Å². The van der Waals surface area contributed by atoms with Gasteiger partial charge in [0.25, 0.3) is 0 Å². The third-order valence-corrected chi connectivity index (χ3v) is 3.10. The zero-order chi connectivity index (χ0) is 13.7. The minimum absolute atomic E-state index is 0. The number of primary amides is 1. The molecular formula is C12H16BrClN2O3. The zero-order valence-electron chi connectivity index (χ0n) is 10.4. The van der Waals surface area contributed by atoms with E-state index in [4.69, 9.17) is 10.8 Å². The quantitative estimate of drug-likeness (QED) is 0.818. The predicted octanol–water partition coefficient (Wildman–Crippen LogP) is 1.80. The molecule has 1 aromatic rings. The van der Waals surface area contributed by atoms with Crippen molar-refractivity contribution in [2.24, 2.45) is 5.73 Å². The molecule has 0 spiro atoms. The number of carbonyl (C=O) groups excluding carboxylic acids is 1. The normalized spacial score (nSPS) is 11.7. The molecule has 0 fully saturated rings. The number of amides is 1. The molecule has 0 radical (unpaired) electrons. The maximum Gasteiger partial charge on any atom is 0.304 e. The molecule has 106 valence electrons. The molecule has 1 amide bonds. The number of aliphatic carboxylic acids is 1. The molecule has 0 saturated heterocycles. The van der Waals surface area contributed by atoms with Gasteiger partial charge in [0.1, 0.15) is 6.04 Å². The Balaban J connectivity index is 0.00000324. The van der Waals surface area contributed by atoms with Crippen LogP contribution in [0.4, 0.5) is 0 Å². The first kappa shape index (κ1) is 17.9. The molecule has 1 aromatic carbocycles. The molecule has 1 atom stereocenters. The topological polar surface area (TPSA) is 83.6 Å². The predicted molar refractivity (Wildman–Crippen MR) is 78.2 cm³/mol. The van der Waals surface area contributed by atoms with E-state index in [0.29, 0.717) is 0 Å². The highest BCUT2D eigenvalue weighted by atomic mass is 79.9. The summed E-state index contributed by atoms with van der Waals surface area (Å²) in [5.41, 5.74) is 6.12. The van der Waals surface area contributed by atoms with Crippen LogP contribution in [0.3, 0.4) is 0 Å². The highest BCUT2D eigenvalue weighted by Crippen LogP contribution is 2.21. The fourth-order valence-corrected chi connectivity index (χ4v) is 1.95. The number of nitrogens with zero attached hydrogens (tertiary/aromatic N) is 1. The lowest BCUT2D eigenvalue weighted by Crippen LogP contribution is -2.36. The lowest BCUT2D eigenvalue weighted by atomic mass is 10.1. The molecule has 0 aliphatic carbocycles. The minimum atomic E-state index is -0.902. The summed E-state index contributed by atoms with van der Waals surface area (Å²) in [6, 6.07) is 6.60. The van der Waals surface area contributed by atoms with Crippen LogP contribution in [0, 0.1) is 0 Å². The van der Waals surface area contributed by atoms with Crippen molar-refractivity contribution in [1.29, 1.82) is 0 Å². The van der Waals surface area contributed by atoms with Gasteiger partial charge in [-0.05, 0) is 24.7 Å². The van der Waals surface area contributed by atoms with E-state index in [-0.39, 0.29) is 25.4 Å². The summed E-state index contributed by atoms with van der Waals surface area (Å²) in [5, 5.41) is 8.64. The van der Waals surface area contributed by atoms with Crippen LogP contribution in [0.2, 0.25) is 0 Å². The second-order valence-corrected chi connectivity index (χ2v) is 4.90.